The van der Waals surface area contributed by atoms with Crippen LogP contribution in [0.4, 0.5) is 0 Å². The molecule has 0 saturated carbocycles. The first-order valence-electron chi connectivity index (χ1n) is 4.76. The number of hydrogen-bond acceptors (Lipinski definition) is 4. The number of carbonyl (C=O) groups excluding carboxylic acids is 2. The van der Waals surface area contributed by atoms with Crippen molar-refractivity contribution in [2.24, 2.45) is 11.3 Å². The van der Waals surface area contributed by atoms with Gasteiger partial charge in [0.25, 0.3) is 0 Å². The third-order valence-electron chi connectivity index (χ3n) is 2.76. The summed E-state index contributed by atoms with van der Waals surface area (Å²) in [5.41, 5.74) is -0.639. The standard InChI is InChI=1S/C11H18O4/c1-6-11(3,7-2)8(9(12)14-4)10(13)15-5/h6,8H,1,7H2,2-5H3. The predicted molar refractivity (Wildman–Crippen MR) is 56.1 cm³/mol. The zero-order chi connectivity index (χ0) is 12.1. The van der Waals surface area contributed by atoms with E-state index in [9.17, 15) is 9.59 Å². The second-order valence-corrected chi connectivity index (χ2v) is 3.54. The minimum atomic E-state index is -0.949. The van der Waals surface area contributed by atoms with Gasteiger partial charge in [0.2, 0.25) is 0 Å². The molecule has 0 aromatic carbocycles. The van der Waals surface area contributed by atoms with Gasteiger partial charge in [0, 0.05) is 5.41 Å². The summed E-state index contributed by atoms with van der Waals surface area (Å²) in [6.45, 7) is 7.29. The Kier molecular flexibility index (Phi) is 5.05. The molecule has 0 heterocycles. The average molecular weight is 214 g/mol. The molecule has 0 N–H and O–H groups in total. The second kappa shape index (κ2) is 5.53. The lowest BCUT2D eigenvalue weighted by Gasteiger charge is -2.29. The average Bonchev–Trinajstić information content (AvgIpc) is 2.28. The molecule has 0 aliphatic carbocycles. The van der Waals surface area contributed by atoms with Gasteiger partial charge in [-0.3, -0.25) is 9.59 Å². The minimum Gasteiger partial charge on any atom is -0.468 e. The maximum atomic E-state index is 11.5. The van der Waals surface area contributed by atoms with Crippen molar-refractivity contribution in [3.05, 3.63) is 12.7 Å². The van der Waals surface area contributed by atoms with Crippen LogP contribution in [0.2, 0.25) is 0 Å². The van der Waals surface area contributed by atoms with Crippen LogP contribution in [0.1, 0.15) is 20.3 Å². The molecule has 1 unspecified atom stereocenters. The Morgan fingerprint density at radius 3 is 1.93 bits per heavy atom. The van der Waals surface area contributed by atoms with Gasteiger partial charge in [0.1, 0.15) is 0 Å². The highest BCUT2D eigenvalue weighted by atomic mass is 16.5. The fraction of sp³-hybridized carbons (Fsp3) is 0.636. The summed E-state index contributed by atoms with van der Waals surface area (Å²) in [5.74, 6) is -2.13. The number of methoxy groups -OCH3 is 2. The summed E-state index contributed by atoms with van der Waals surface area (Å²) in [7, 11) is 2.49. The van der Waals surface area contributed by atoms with E-state index in [-0.39, 0.29) is 0 Å². The maximum Gasteiger partial charge on any atom is 0.320 e. The van der Waals surface area contributed by atoms with Crippen LogP contribution in [0.15, 0.2) is 12.7 Å². The Balaban J connectivity index is 5.17. The van der Waals surface area contributed by atoms with Crippen LogP contribution < -0.4 is 0 Å². The van der Waals surface area contributed by atoms with Crippen molar-refractivity contribution in [2.75, 3.05) is 14.2 Å². The molecule has 0 amide bonds. The third kappa shape index (κ3) is 2.81. The molecular formula is C11H18O4. The van der Waals surface area contributed by atoms with E-state index in [2.05, 4.69) is 16.1 Å². The fourth-order valence-corrected chi connectivity index (χ4v) is 1.34. The van der Waals surface area contributed by atoms with E-state index in [1.807, 2.05) is 6.92 Å². The topological polar surface area (TPSA) is 52.6 Å². The van der Waals surface area contributed by atoms with Gasteiger partial charge in [0.05, 0.1) is 14.2 Å². The number of ether oxygens (including phenoxy) is 2. The van der Waals surface area contributed by atoms with E-state index in [0.29, 0.717) is 6.42 Å². The monoisotopic (exact) mass is 214 g/mol. The summed E-state index contributed by atoms with van der Waals surface area (Å²) in [6.07, 6.45) is 2.19. The lowest BCUT2D eigenvalue weighted by molar-refractivity contribution is -0.163. The van der Waals surface area contributed by atoms with E-state index in [1.54, 1.807) is 13.0 Å². The zero-order valence-corrected chi connectivity index (χ0v) is 9.70. The normalized spacial score (nSPS) is 14.2. The Labute approximate surface area is 90.2 Å². The second-order valence-electron chi connectivity index (χ2n) is 3.54. The summed E-state index contributed by atoms with van der Waals surface area (Å²) < 4.78 is 9.20. The SMILES string of the molecule is C=CC(C)(CC)C(C(=O)OC)C(=O)OC. The lowest BCUT2D eigenvalue weighted by atomic mass is 9.75. The lowest BCUT2D eigenvalue weighted by Crippen LogP contribution is -2.39. The van der Waals surface area contributed by atoms with E-state index < -0.39 is 23.3 Å². The van der Waals surface area contributed by atoms with Crippen LogP contribution in [0.5, 0.6) is 0 Å². The van der Waals surface area contributed by atoms with Gasteiger partial charge in [-0.05, 0) is 6.42 Å². The first-order valence-corrected chi connectivity index (χ1v) is 4.76. The summed E-state index contributed by atoms with van der Waals surface area (Å²) >= 11 is 0. The molecule has 86 valence electrons. The molecule has 4 nitrogen and oxygen atoms in total. The number of carbonyl (C=O) groups is 2. The summed E-state index contributed by atoms with van der Waals surface area (Å²) in [4.78, 5) is 23.0. The Morgan fingerprint density at radius 2 is 1.73 bits per heavy atom. The van der Waals surface area contributed by atoms with Gasteiger partial charge in [-0.25, -0.2) is 0 Å². The highest BCUT2D eigenvalue weighted by Crippen LogP contribution is 2.34. The molecule has 0 aliphatic heterocycles. The predicted octanol–water partition coefficient (Wildman–Crippen LogP) is 1.55. The van der Waals surface area contributed by atoms with Gasteiger partial charge in [-0.2, -0.15) is 0 Å². The highest BCUT2D eigenvalue weighted by Gasteiger charge is 2.42. The number of allylic oxidation sites excluding steroid dienone is 1. The van der Waals surface area contributed by atoms with Crippen molar-refractivity contribution < 1.29 is 19.1 Å². The van der Waals surface area contributed by atoms with E-state index in [4.69, 9.17) is 0 Å². The van der Waals surface area contributed by atoms with Crippen molar-refractivity contribution in [3.8, 4) is 0 Å². The van der Waals surface area contributed by atoms with Crippen LogP contribution in [-0.4, -0.2) is 26.2 Å². The van der Waals surface area contributed by atoms with Crippen LogP contribution in [0.25, 0.3) is 0 Å². The molecular weight excluding hydrogens is 196 g/mol. The van der Waals surface area contributed by atoms with Crippen LogP contribution in [0, 0.1) is 11.3 Å². The number of rotatable bonds is 5. The Morgan fingerprint density at radius 1 is 1.33 bits per heavy atom. The Bertz CT molecular complexity index is 243. The van der Waals surface area contributed by atoms with Gasteiger partial charge in [-0.1, -0.05) is 19.9 Å². The Hall–Kier alpha value is -1.32. The van der Waals surface area contributed by atoms with Crippen LogP contribution in [-0.2, 0) is 19.1 Å². The van der Waals surface area contributed by atoms with E-state index in [0.717, 1.165) is 0 Å². The van der Waals surface area contributed by atoms with Crippen molar-refractivity contribution in [1.29, 1.82) is 0 Å². The molecule has 0 bridgehead atoms. The molecule has 0 aromatic rings. The van der Waals surface area contributed by atoms with Crippen molar-refractivity contribution in [3.63, 3.8) is 0 Å². The minimum absolute atomic E-state index is 0.592. The molecule has 0 rings (SSSR count). The molecule has 0 aromatic heterocycles. The summed E-state index contributed by atoms with van der Waals surface area (Å²) in [5, 5.41) is 0. The fourth-order valence-electron chi connectivity index (χ4n) is 1.34. The zero-order valence-electron chi connectivity index (χ0n) is 9.70. The van der Waals surface area contributed by atoms with Crippen LogP contribution in [0.3, 0.4) is 0 Å². The van der Waals surface area contributed by atoms with Gasteiger partial charge in [-0.15, -0.1) is 6.58 Å². The van der Waals surface area contributed by atoms with Gasteiger partial charge >= 0.3 is 11.9 Å². The molecule has 4 heteroatoms. The van der Waals surface area contributed by atoms with E-state index in [1.165, 1.54) is 14.2 Å². The quantitative estimate of drug-likeness (QED) is 0.396. The largest absolute Gasteiger partial charge is 0.468 e. The maximum absolute atomic E-state index is 11.5. The van der Waals surface area contributed by atoms with Gasteiger partial charge in [0.15, 0.2) is 5.92 Å². The molecule has 0 radical (unpaired) electrons. The van der Waals surface area contributed by atoms with Crippen molar-refractivity contribution in [2.45, 2.75) is 20.3 Å². The molecule has 15 heavy (non-hydrogen) atoms. The summed E-state index contributed by atoms with van der Waals surface area (Å²) in [6, 6.07) is 0. The molecule has 0 aliphatic rings. The first kappa shape index (κ1) is 13.7. The number of hydrogen-bond donors (Lipinski definition) is 0. The molecule has 0 saturated heterocycles. The molecule has 0 fully saturated rings. The smallest absolute Gasteiger partial charge is 0.320 e. The highest BCUT2D eigenvalue weighted by molar-refractivity contribution is 5.96. The molecule has 1 atom stereocenters. The van der Waals surface area contributed by atoms with Gasteiger partial charge < -0.3 is 9.47 Å². The van der Waals surface area contributed by atoms with Crippen molar-refractivity contribution >= 4 is 11.9 Å². The molecule has 0 spiro atoms. The first-order chi connectivity index (χ1) is 6.96. The number of esters is 2. The van der Waals surface area contributed by atoms with Crippen molar-refractivity contribution in [1.82, 2.24) is 0 Å². The van der Waals surface area contributed by atoms with Crippen LogP contribution >= 0.6 is 0 Å². The van der Waals surface area contributed by atoms with E-state index >= 15 is 0 Å². The third-order valence-corrected chi connectivity index (χ3v) is 2.76.